The van der Waals surface area contributed by atoms with Gasteiger partial charge in [-0.15, -0.1) is 0 Å². The van der Waals surface area contributed by atoms with Crippen LogP contribution in [0, 0.1) is 0 Å². The zero-order chi connectivity index (χ0) is 14.8. The van der Waals surface area contributed by atoms with E-state index in [1.165, 1.54) is 22.5 Å². The maximum absolute atomic E-state index is 12.7. The zero-order valence-electron chi connectivity index (χ0n) is 11.1. The fraction of sp³-hybridized carbons (Fsp3) is 0.538. The SMILES string of the molecule is Nc1cc(Cl)ccc1S(=O)(=O)N1CCCCCC1CO. The molecule has 2 rings (SSSR count). The van der Waals surface area contributed by atoms with E-state index in [-0.39, 0.29) is 23.2 Å². The summed E-state index contributed by atoms with van der Waals surface area (Å²) < 4.78 is 26.8. The van der Waals surface area contributed by atoms with Crippen molar-refractivity contribution in [1.82, 2.24) is 4.31 Å². The van der Waals surface area contributed by atoms with E-state index in [4.69, 9.17) is 17.3 Å². The highest BCUT2D eigenvalue weighted by molar-refractivity contribution is 7.89. The Hall–Kier alpha value is -0.820. The maximum Gasteiger partial charge on any atom is 0.245 e. The van der Waals surface area contributed by atoms with Crippen molar-refractivity contribution in [3.63, 3.8) is 0 Å². The molecular formula is C13H19ClN2O3S. The number of hydrogen-bond acceptors (Lipinski definition) is 4. The third-order valence-electron chi connectivity index (χ3n) is 3.59. The van der Waals surface area contributed by atoms with E-state index in [1.54, 1.807) is 0 Å². The van der Waals surface area contributed by atoms with Crippen LogP contribution in [0.25, 0.3) is 0 Å². The summed E-state index contributed by atoms with van der Waals surface area (Å²) in [7, 11) is -3.70. The first-order valence-electron chi connectivity index (χ1n) is 6.64. The molecule has 1 atom stereocenters. The molecule has 1 aromatic carbocycles. The van der Waals surface area contributed by atoms with Crippen molar-refractivity contribution in [2.45, 2.75) is 36.6 Å². The van der Waals surface area contributed by atoms with Crippen LogP contribution in [0.4, 0.5) is 5.69 Å². The number of hydrogen-bond donors (Lipinski definition) is 2. The number of anilines is 1. The molecule has 1 aromatic rings. The van der Waals surface area contributed by atoms with Crippen LogP contribution in [0.5, 0.6) is 0 Å². The molecule has 3 N–H and O–H groups in total. The van der Waals surface area contributed by atoms with E-state index in [0.717, 1.165) is 19.3 Å². The molecule has 5 nitrogen and oxygen atoms in total. The molecule has 7 heteroatoms. The number of rotatable bonds is 3. The highest BCUT2D eigenvalue weighted by atomic mass is 35.5. The van der Waals surface area contributed by atoms with Crippen molar-refractivity contribution in [2.24, 2.45) is 0 Å². The number of aliphatic hydroxyl groups is 1. The van der Waals surface area contributed by atoms with Gasteiger partial charge in [-0.1, -0.05) is 24.4 Å². The number of halogens is 1. The molecule has 0 radical (unpaired) electrons. The van der Waals surface area contributed by atoms with E-state index in [9.17, 15) is 13.5 Å². The van der Waals surface area contributed by atoms with E-state index in [1.807, 2.05) is 0 Å². The molecule has 1 unspecified atom stereocenters. The molecule has 20 heavy (non-hydrogen) atoms. The molecular weight excluding hydrogens is 300 g/mol. The Morgan fingerprint density at radius 3 is 2.75 bits per heavy atom. The van der Waals surface area contributed by atoms with E-state index >= 15 is 0 Å². The van der Waals surface area contributed by atoms with Gasteiger partial charge in [-0.05, 0) is 31.0 Å². The number of sulfonamides is 1. The number of nitrogen functional groups attached to an aromatic ring is 1. The molecule has 0 aliphatic carbocycles. The Labute approximate surface area is 124 Å². The summed E-state index contributed by atoms with van der Waals surface area (Å²) in [5, 5.41) is 9.85. The molecule has 0 spiro atoms. The van der Waals surface area contributed by atoms with Crippen molar-refractivity contribution >= 4 is 27.3 Å². The van der Waals surface area contributed by atoms with Crippen LogP contribution in [0.3, 0.4) is 0 Å². The van der Waals surface area contributed by atoms with Gasteiger partial charge in [0.1, 0.15) is 4.90 Å². The van der Waals surface area contributed by atoms with E-state index < -0.39 is 10.0 Å². The average Bonchev–Trinajstić information content (AvgIpc) is 2.63. The van der Waals surface area contributed by atoms with Gasteiger partial charge in [0.25, 0.3) is 0 Å². The van der Waals surface area contributed by atoms with E-state index in [0.29, 0.717) is 18.0 Å². The van der Waals surface area contributed by atoms with Crippen LogP contribution in [-0.2, 0) is 10.0 Å². The largest absolute Gasteiger partial charge is 0.398 e. The third kappa shape index (κ3) is 3.09. The Morgan fingerprint density at radius 1 is 1.35 bits per heavy atom. The molecule has 0 saturated carbocycles. The monoisotopic (exact) mass is 318 g/mol. The van der Waals surface area contributed by atoms with Gasteiger partial charge >= 0.3 is 0 Å². The Kier molecular flexibility index (Phi) is 4.90. The van der Waals surface area contributed by atoms with Crippen LogP contribution >= 0.6 is 11.6 Å². The second kappa shape index (κ2) is 6.30. The molecule has 1 fully saturated rings. The lowest BCUT2D eigenvalue weighted by Crippen LogP contribution is -2.42. The number of benzene rings is 1. The molecule has 0 amide bonds. The number of aliphatic hydroxyl groups excluding tert-OH is 1. The van der Waals surface area contributed by atoms with Gasteiger partial charge in [-0.2, -0.15) is 4.31 Å². The minimum Gasteiger partial charge on any atom is -0.398 e. The molecule has 1 heterocycles. The topological polar surface area (TPSA) is 83.6 Å². The summed E-state index contributed by atoms with van der Waals surface area (Å²) in [6.07, 6.45) is 3.36. The second-order valence-corrected chi connectivity index (χ2v) is 7.28. The van der Waals surface area contributed by atoms with Crippen LogP contribution in [0.1, 0.15) is 25.7 Å². The van der Waals surface area contributed by atoms with Gasteiger partial charge in [-0.3, -0.25) is 0 Å². The number of nitrogens with two attached hydrogens (primary N) is 1. The van der Waals surface area contributed by atoms with Crippen molar-refractivity contribution in [1.29, 1.82) is 0 Å². The fourth-order valence-corrected chi connectivity index (χ4v) is 4.49. The maximum atomic E-state index is 12.7. The summed E-state index contributed by atoms with van der Waals surface area (Å²) in [5.41, 5.74) is 5.92. The second-order valence-electron chi connectivity index (χ2n) is 4.98. The lowest BCUT2D eigenvalue weighted by atomic mass is 10.1. The van der Waals surface area contributed by atoms with Gasteiger partial charge in [0.15, 0.2) is 0 Å². The lowest BCUT2D eigenvalue weighted by molar-refractivity contribution is 0.186. The Morgan fingerprint density at radius 2 is 2.10 bits per heavy atom. The minimum absolute atomic E-state index is 0.0576. The molecule has 0 bridgehead atoms. The fourth-order valence-electron chi connectivity index (χ4n) is 2.53. The highest BCUT2D eigenvalue weighted by Crippen LogP contribution is 2.29. The third-order valence-corrected chi connectivity index (χ3v) is 5.85. The predicted molar refractivity (Wildman–Crippen MR) is 79.1 cm³/mol. The molecule has 1 saturated heterocycles. The van der Waals surface area contributed by atoms with Gasteiger partial charge in [0, 0.05) is 17.6 Å². The first kappa shape index (κ1) is 15.6. The van der Waals surface area contributed by atoms with Gasteiger partial charge in [0.05, 0.1) is 12.3 Å². The Bertz CT molecular complexity index is 577. The van der Waals surface area contributed by atoms with E-state index in [2.05, 4.69) is 0 Å². The summed E-state index contributed by atoms with van der Waals surface area (Å²) >= 11 is 5.81. The first-order chi connectivity index (χ1) is 9.46. The van der Waals surface area contributed by atoms with Crippen molar-refractivity contribution in [2.75, 3.05) is 18.9 Å². The van der Waals surface area contributed by atoms with Gasteiger partial charge in [-0.25, -0.2) is 8.42 Å². The molecule has 1 aliphatic heterocycles. The first-order valence-corrected chi connectivity index (χ1v) is 8.46. The van der Waals surface area contributed by atoms with Crippen molar-refractivity contribution < 1.29 is 13.5 Å². The van der Waals surface area contributed by atoms with Gasteiger partial charge in [0.2, 0.25) is 10.0 Å². The van der Waals surface area contributed by atoms with Crippen LogP contribution < -0.4 is 5.73 Å². The number of nitrogens with zero attached hydrogens (tertiary/aromatic N) is 1. The van der Waals surface area contributed by atoms with Gasteiger partial charge < -0.3 is 10.8 Å². The van der Waals surface area contributed by atoms with Crippen molar-refractivity contribution in [3.05, 3.63) is 23.2 Å². The highest BCUT2D eigenvalue weighted by Gasteiger charge is 2.33. The molecule has 112 valence electrons. The van der Waals surface area contributed by atoms with Crippen LogP contribution in [0.15, 0.2) is 23.1 Å². The van der Waals surface area contributed by atoms with Crippen molar-refractivity contribution in [3.8, 4) is 0 Å². The Balaban J connectivity index is 2.41. The predicted octanol–water partition coefficient (Wildman–Crippen LogP) is 1.85. The summed E-state index contributed by atoms with van der Waals surface area (Å²) in [6, 6.07) is 3.99. The smallest absolute Gasteiger partial charge is 0.245 e. The normalized spacial score (nSPS) is 21.6. The molecule has 0 aromatic heterocycles. The minimum atomic E-state index is -3.70. The average molecular weight is 319 g/mol. The quantitative estimate of drug-likeness (QED) is 0.833. The zero-order valence-corrected chi connectivity index (χ0v) is 12.7. The summed E-state index contributed by atoms with van der Waals surface area (Å²) in [6.45, 7) is 0.238. The summed E-state index contributed by atoms with van der Waals surface area (Å²) in [4.78, 5) is 0.0576. The lowest BCUT2D eigenvalue weighted by Gasteiger charge is -2.28. The summed E-state index contributed by atoms with van der Waals surface area (Å²) in [5.74, 6) is 0. The standard InChI is InChI=1S/C13H19ClN2O3S/c14-10-5-6-13(12(15)8-10)20(18,19)16-7-3-1-2-4-11(16)9-17/h5-6,8,11,17H,1-4,7,9,15H2. The van der Waals surface area contributed by atoms with Crippen LogP contribution in [0.2, 0.25) is 5.02 Å². The van der Waals surface area contributed by atoms with Crippen LogP contribution in [-0.4, -0.2) is 37.0 Å². The molecule has 1 aliphatic rings.